The lowest BCUT2D eigenvalue weighted by molar-refractivity contribution is -0.870. The first-order valence-corrected chi connectivity index (χ1v) is 14.4. The molecular formula is C34H46Cl2N3O2-. The highest BCUT2D eigenvalue weighted by molar-refractivity contribution is 6.06. The number of benzene rings is 3. The second-order valence-corrected chi connectivity index (χ2v) is 11.6. The van der Waals surface area contributed by atoms with Crippen molar-refractivity contribution in [2.45, 2.75) is 65.2 Å². The van der Waals surface area contributed by atoms with Crippen molar-refractivity contribution in [2.24, 2.45) is 0 Å². The highest BCUT2D eigenvalue weighted by atomic mass is 35.5. The number of aryl methyl sites for hydroxylation is 3. The second kappa shape index (κ2) is 17.8. The molecule has 3 aromatic carbocycles. The van der Waals surface area contributed by atoms with Crippen molar-refractivity contribution in [3.8, 4) is 0 Å². The van der Waals surface area contributed by atoms with E-state index in [9.17, 15) is 9.59 Å². The number of quaternary nitrogens is 1. The average Bonchev–Trinajstić information content (AvgIpc) is 2.91. The van der Waals surface area contributed by atoms with E-state index in [2.05, 4.69) is 50.8 Å². The maximum atomic E-state index is 12.8. The summed E-state index contributed by atoms with van der Waals surface area (Å²) in [5.41, 5.74) is 6.05. The van der Waals surface area contributed by atoms with Crippen LogP contribution in [0.2, 0.25) is 0 Å². The van der Waals surface area contributed by atoms with Gasteiger partial charge >= 0.3 is 0 Å². The van der Waals surface area contributed by atoms with Crippen molar-refractivity contribution in [1.82, 2.24) is 0 Å². The topological polar surface area (TPSA) is 58.2 Å². The van der Waals surface area contributed by atoms with Gasteiger partial charge in [0.25, 0.3) is 11.8 Å². The highest BCUT2D eigenvalue weighted by Gasteiger charge is 2.11. The second-order valence-electron chi connectivity index (χ2n) is 11.6. The van der Waals surface area contributed by atoms with Gasteiger partial charge in [-0.1, -0.05) is 50.5 Å². The van der Waals surface area contributed by atoms with E-state index in [1.165, 1.54) is 56.2 Å². The molecule has 0 heterocycles. The summed E-state index contributed by atoms with van der Waals surface area (Å²) in [6, 6.07) is 21.1. The van der Waals surface area contributed by atoms with Crippen LogP contribution in [0.3, 0.4) is 0 Å². The number of carbonyl (C=O) groups is 2. The number of anilines is 2. The van der Waals surface area contributed by atoms with Gasteiger partial charge in [0.1, 0.15) is 0 Å². The summed E-state index contributed by atoms with van der Waals surface area (Å²) >= 11 is 0. The van der Waals surface area contributed by atoms with Gasteiger partial charge in [-0.15, -0.1) is 0 Å². The molecule has 0 aliphatic rings. The van der Waals surface area contributed by atoms with Crippen LogP contribution in [0.15, 0.2) is 66.7 Å². The molecule has 41 heavy (non-hydrogen) atoms. The number of amides is 2. The number of halogens is 2. The molecule has 224 valence electrons. The molecule has 0 aromatic heterocycles. The quantitative estimate of drug-likeness (QED) is 0.219. The monoisotopic (exact) mass is 598 g/mol. The number of carbonyl (C=O) groups excluding carboxylic acids is 2. The average molecular weight is 600 g/mol. The van der Waals surface area contributed by atoms with Crippen LogP contribution in [0, 0.1) is 6.92 Å². The first-order valence-electron chi connectivity index (χ1n) is 14.4. The molecule has 0 aliphatic heterocycles. The lowest BCUT2D eigenvalue weighted by atomic mass is 10.0. The maximum absolute atomic E-state index is 12.8. The zero-order valence-electron chi connectivity index (χ0n) is 25.2. The molecule has 0 unspecified atom stereocenters. The molecule has 0 atom stereocenters. The van der Waals surface area contributed by atoms with E-state index in [1.54, 1.807) is 0 Å². The predicted octanol–water partition coefficient (Wildman–Crippen LogP) is 1.66. The Kier molecular flexibility index (Phi) is 15.7. The smallest absolute Gasteiger partial charge is 0.255 e. The first kappa shape index (κ1) is 36.2. The number of hydrogen-bond acceptors (Lipinski definition) is 2. The van der Waals surface area contributed by atoms with Crippen molar-refractivity contribution in [2.75, 3.05) is 38.3 Å². The first-order chi connectivity index (χ1) is 18.6. The van der Waals surface area contributed by atoms with Gasteiger partial charge in [0, 0.05) is 22.5 Å². The number of nitrogens with zero attached hydrogens (tertiary/aromatic N) is 1. The summed E-state index contributed by atoms with van der Waals surface area (Å²) in [5.74, 6) is -0.282. The zero-order chi connectivity index (χ0) is 28.3. The summed E-state index contributed by atoms with van der Waals surface area (Å²) in [4.78, 5) is 25.4. The molecule has 2 amide bonds. The van der Waals surface area contributed by atoms with Crippen molar-refractivity contribution >= 4 is 23.2 Å². The van der Waals surface area contributed by atoms with E-state index < -0.39 is 0 Å². The summed E-state index contributed by atoms with van der Waals surface area (Å²) < 4.78 is 1.05. The standard InChI is InChI=1S/C34H45N3O2.2ClH/c1-6-27-14-18-30(19-15-27)34(39)36-32-23-22-31(25-26(32)2)35-33(38)29-20-16-28(17-21-29)13-11-9-7-8-10-12-24-37(3,4)5;;/h14-23,25H,6-13,24H2,1-5H3,(H-,35,36,38,39);2*1H/p-1. The van der Waals surface area contributed by atoms with Gasteiger partial charge < -0.3 is 39.9 Å². The van der Waals surface area contributed by atoms with Crippen LogP contribution >= 0.6 is 0 Å². The lowest BCUT2D eigenvalue weighted by Crippen LogP contribution is -3.00. The van der Waals surface area contributed by atoms with Crippen LogP contribution in [0.4, 0.5) is 11.4 Å². The van der Waals surface area contributed by atoms with Crippen LogP contribution in [-0.4, -0.2) is 44.0 Å². The normalized spacial score (nSPS) is 10.8. The van der Waals surface area contributed by atoms with Crippen LogP contribution in [-0.2, 0) is 12.8 Å². The molecule has 0 spiro atoms. The molecule has 7 heteroatoms. The van der Waals surface area contributed by atoms with Gasteiger partial charge in [0.05, 0.1) is 27.7 Å². The summed E-state index contributed by atoms with van der Waals surface area (Å²) in [6.07, 6.45) is 9.68. The Morgan fingerprint density at radius 3 is 1.71 bits per heavy atom. The van der Waals surface area contributed by atoms with Crippen molar-refractivity contribution < 1.29 is 38.9 Å². The van der Waals surface area contributed by atoms with Crippen molar-refractivity contribution in [1.29, 1.82) is 0 Å². The summed E-state index contributed by atoms with van der Waals surface area (Å²) in [5, 5.41) is 5.95. The van der Waals surface area contributed by atoms with E-state index in [-0.39, 0.29) is 36.6 Å². The van der Waals surface area contributed by atoms with Gasteiger partial charge in [-0.3, -0.25) is 9.59 Å². The van der Waals surface area contributed by atoms with E-state index >= 15 is 0 Å². The van der Waals surface area contributed by atoms with Gasteiger partial charge in [0.2, 0.25) is 0 Å². The summed E-state index contributed by atoms with van der Waals surface area (Å²) in [6.45, 7) is 5.26. The minimum atomic E-state index is -0.145. The third-order valence-corrected chi connectivity index (χ3v) is 7.12. The fourth-order valence-electron chi connectivity index (χ4n) is 4.62. The van der Waals surface area contributed by atoms with Crippen molar-refractivity contribution in [3.63, 3.8) is 0 Å². The van der Waals surface area contributed by atoms with Gasteiger partial charge in [-0.25, -0.2) is 0 Å². The zero-order valence-corrected chi connectivity index (χ0v) is 26.7. The third-order valence-electron chi connectivity index (χ3n) is 7.12. The largest absolute Gasteiger partial charge is 1.00 e. The Morgan fingerprint density at radius 2 is 1.17 bits per heavy atom. The molecule has 0 bridgehead atoms. The highest BCUT2D eigenvalue weighted by Crippen LogP contribution is 2.22. The van der Waals surface area contributed by atoms with E-state index in [0.29, 0.717) is 16.8 Å². The molecular weight excluding hydrogens is 553 g/mol. The third kappa shape index (κ3) is 12.7. The van der Waals surface area contributed by atoms with Crippen molar-refractivity contribution in [3.05, 3.63) is 94.5 Å². The van der Waals surface area contributed by atoms with Crippen LogP contribution in [0.1, 0.15) is 82.9 Å². The number of rotatable bonds is 14. The predicted molar refractivity (Wildman–Crippen MR) is 164 cm³/mol. The van der Waals surface area contributed by atoms with Crippen LogP contribution in [0.25, 0.3) is 0 Å². The molecule has 0 aliphatic carbocycles. The molecule has 2 N–H and O–H groups in total. The number of nitrogens with one attached hydrogen (secondary N) is 2. The van der Waals surface area contributed by atoms with E-state index in [4.69, 9.17) is 0 Å². The van der Waals surface area contributed by atoms with Gasteiger partial charge in [0.15, 0.2) is 0 Å². The molecule has 3 aromatic rings. The van der Waals surface area contributed by atoms with E-state index in [0.717, 1.165) is 28.6 Å². The summed E-state index contributed by atoms with van der Waals surface area (Å²) in [7, 11) is 6.76. The van der Waals surface area contributed by atoms with Crippen LogP contribution in [0.5, 0.6) is 0 Å². The molecule has 3 rings (SSSR count). The SMILES string of the molecule is CCc1ccc(C(=O)Nc2ccc(NC(=O)c3ccc(CCCCCCCC[N+](C)(C)C)cc3)cc2C)cc1.[Cl-].[Cl-]. The fourth-order valence-corrected chi connectivity index (χ4v) is 4.62. The molecule has 0 saturated heterocycles. The minimum Gasteiger partial charge on any atom is -1.00 e. The Labute approximate surface area is 259 Å². The molecule has 0 radical (unpaired) electrons. The number of hydrogen-bond donors (Lipinski definition) is 2. The van der Waals surface area contributed by atoms with E-state index in [1.807, 2.05) is 61.5 Å². The Hall–Kier alpha value is -2.86. The fraction of sp³-hybridized carbons (Fsp3) is 0.412. The Balaban J connectivity index is 0.00000420. The van der Waals surface area contributed by atoms with Gasteiger partial charge in [-0.05, 0) is 98.2 Å². The minimum absolute atomic E-state index is 0. The molecule has 0 fully saturated rings. The lowest BCUT2D eigenvalue weighted by Gasteiger charge is -2.23. The molecule has 5 nitrogen and oxygen atoms in total. The number of unbranched alkanes of at least 4 members (excludes halogenated alkanes) is 5. The Bertz CT molecular complexity index is 1220. The maximum Gasteiger partial charge on any atom is 0.255 e. The van der Waals surface area contributed by atoms with Gasteiger partial charge in [-0.2, -0.15) is 0 Å². The molecule has 0 saturated carbocycles. The Morgan fingerprint density at radius 1 is 0.659 bits per heavy atom. The van der Waals surface area contributed by atoms with Crippen LogP contribution < -0.4 is 35.4 Å².